The number of rotatable bonds is 4. The SMILES string of the molecule is C.N#CC1CC2(C3OCCO3)C=CC1(C1OCCO1)O2.N#Cc1cc(C2OCCO2)ccc1C1OCCO1.O.[2HH]. The standard InChI is InChI=1S/C13H15NO5.C13H13NO4.CH4.H2O.H2/c14-8-9-7-12(10-15-3-4-16-10)1-2-13(9,19-12)11-17-5-6-18-11;14-8-10-7-9(12-15-3-4-16-12)1-2-11(10)13-17-5-6-18-13;;;/h1-2,9-11H,3-7H2;1-2,7,12-13H,3-6H2;1H4;1H2;1H/i;;;;1+1. The number of hydrogen-bond donors (Lipinski definition) is 0. The lowest BCUT2D eigenvalue weighted by Crippen LogP contribution is -2.45. The summed E-state index contributed by atoms with van der Waals surface area (Å²) in [5.74, 6) is -0.312. The van der Waals surface area contributed by atoms with Crippen molar-refractivity contribution in [3.05, 3.63) is 47.0 Å². The van der Waals surface area contributed by atoms with Crippen molar-refractivity contribution in [1.82, 2.24) is 0 Å². The zero-order valence-corrected chi connectivity index (χ0v) is 20.7. The molecule has 6 aliphatic rings. The smallest absolute Gasteiger partial charge is 0.191 e. The molecule has 1 aromatic carbocycles. The van der Waals surface area contributed by atoms with Crippen molar-refractivity contribution in [2.45, 2.75) is 50.2 Å². The molecular weight excluding hydrogens is 512 g/mol. The van der Waals surface area contributed by atoms with Crippen molar-refractivity contribution in [1.29, 1.82) is 10.5 Å². The van der Waals surface area contributed by atoms with Crippen LogP contribution in [-0.4, -0.2) is 82.1 Å². The molecule has 39 heavy (non-hydrogen) atoms. The summed E-state index contributed by atoms with van der Waals surface area (Å²) in [4.78, 5) is 0. The average Bonchev–Trinajstić information content (AvgIpc) is 3.79. The molecule has 1 aromatic rings. The lowest BCUT2D eigenvalue weighted by Gasteiger charge is -2.31. The molecule has 6 aliphatic heterocycles. The summed E-state index contributed by atoms with van der Waals surface area (Å²) in [6.45, 7) is 4.48. The summed E-state index contributed by atoms with van der Waals surface area (Å²) in [6, 6.07) is 9.98. The first kappa shape index (κ1) is 29.5. The molecule has 12 heteroatoms. The summed E-state index contributed by atoms with van der Waals surface area (Å²) in [5, 5.41) is 18.6. The van der Waals surface area contributed by atoms with Crippen LogP contribution in [0.25, 0.3) is 0 Å². The largest absolute Gasteiger partial charge is 0.412 e. The molecule has 0 saturated carbocycles. The fourth-order valence-electron chi connectivity index (χ4n) is 5.48. The van der Waals surface area contributed by atoms with Crippen LogP contribution in [0.5, 0.6) is 0 Å². The van der Waals surface area contributed by atoms with Crippen LogP contribution in [0.2, 0.25) is 0 Å². The lowest BCUT2D eigenvalue weighted by atomic mass is 9.79. The molecule has 2 bridgehead atoms. The predicted molar refractivity (Wildman–Crippen MR) is 134 cm³/mol. The van der Waals surface area contributed by atoms with Crippen molar-refractivity contribution in [3.8, 4) is 12.1 Å². The minimum atomic E-state index is -0.819. The van der Waals surface area contributed by atoms with Crippen LogP contribution in [0.4, 0.5) is 0 Å². The summed E-state index contributed by atoms with van der Waals surface area (Å²) < 4.78 is 50.1. The van der Waals surface area contributed by atoms with E-state index in [4.69, 9.17) is 42.6 Å². The number of nitriles is 2. The molecule has 214 valence electrons. The van der Waals surface area contributed by atoms with E-state index in [-0.39, 0.29) is 26.5 Å². The van der Waals surface area contributed by atoms with Gasteiger partial charge in [-0.25, -0.2) is 0 Å². The molecule has 2 N–H and O–H groups in total. The Labute approximate surface area is 228 Å². The van der Waals surface area contributed by atoms with E-state index in [1.165, 1.54) is 0 Å². The zero-order valence-electron chi connectivity index (χ0n) is 20.7. The Morgan fingerprint density at radius 1 is 0.744 bits per heavy atom. The summed E-state index contributed by atoms with van der Waals surface area (Å²) >= 11 is 0. The Morgan fingerprint density at radius 3 is 1.90 bits per heavy atom. The van der Waals surface area contributed by atoms with Gasteiger partial charge in [0.05, 0.1) is 76.5 Å². The first-order valence-electron chi connectivity index (χ1n) is 12.4. The van der Waals surface area contributed by atoms with Crippen molar-refractivity contribution >= 4 is 0 Å². The summed E-state index contributed by atoms with van der Waals surface area (Å²) in [6.07, 6.45) is 2.64. The van der Waals surface area contributed by atoms with Gasteiger partial charge in [0.1, 0.15) is 5.60 Å². The van der Waals surface area contributed by atoms with Crippen molar-refractivity contribution in [2.75, 3.05) is 52.9 Å². The fourth-order valence-corrected chi connectivity index (χ4v) is 5.48. The van der Waals surface area contributed by atoms with Gasteiger partial charge in [-0.2, -0.15) is 10.5 Å². The quantitative estimate of drug-likeness (QED) is 0.505. The molecule has 12 nitrogen and oxygen atoms in total. The topological polar surface area (TPSA) is 162 Å². The highest BCUT2D eigenvalue weighted by Gasteiger charge is 2.66. The van der Waals surface area contributed by atoms with E-state index in [1.54, 1.807) is 6.07 Å². The molecule has 0 amide bonds. The minimum absolute atomic E-state index is 0. The average molecular weight is 550 g/mol. The normalized spacial score (nSPS) is 32.3. The third kappa shape index (κ3) is 5.34. The maximum Gasteiger partial charge on any atom is 0.191 e. The van der Waals surface area contributed by atoms with Gasteiger partial charge in [0.25, 0.3) is 0 Å². The maximum atomic E-state index is 9.41. The first-order valence-corrected chi connectivity index (χ1v) is 12.4. The number of benzene rings is 1. The zero-order chi connectivity index (χ0) is 25.3. The van der Waals surface area contributed by atoms with Gasteiger partial charge < -0.3 is 48.1 Å². The van der Waals surface area contributed by atoms with Crippen LogP contribution in [0.15, 0.2) is 30.4 Å². The van der Waals surface area contributed by atoms with Crippen molar-refractivity contribution in [2.24, 2.45) is 5.92 Å². The van der Waals surface area contributed by atoms with Crippen molar-refractivity contribution < 1.29 is 49.5 Å². The van der Waals surface area contributed by atoms with E-state index < -0.39 is 30.1 Å². The Morgan fingerprint density at radius 2 is 1.31 bits per heavy atom. The molecule has 0 aliphatic carbocycles. The molecule has 7 rings (SSSR count). The molecule has 3 unspecified atom stereocenters. The minimum Gasteiger partial charge on any atom is -0.412 e. The highest BCUT2D eigenvalue weighted by Crippen LogP contribution is 2.55. The van der Waals surface area contributed by atoms with E-state index in [2.05, 4.69) is 12.1 Å². The van der Waals surface area contributed by atoms with Crippen LogP contribution in [0.3, 0.4) is 0 Å². The molecular formula is C27H36N2O10. The van der Waals surface area contributed by atoms with Crippen LogP contribution in [0.1, 0.15) is 44.5 Å². The van der Waals surface area contributed by atoms with Crippen LogP contribution in [-0.2, 0) is 42.6 Å². The van der Waals surface area contributed by atoms with Gasteiger partial charge in [-0.05, 0) is 18.2 Å². The summed E-state index contributed by atoms with van der Waals surface area (Å²) in [7, 11) is 0. The summed E-state index contributed by atoms with van der Waals surface area (Å²) in [5.41, 5.74) is 0.660. The van der Waals surface area contributed by atoms with Gasteiger partial charge in [0.2, 0.25) is 0 Å². The van der Waals surface area contributed by atoms with Gasteiger partial charge in [-0.1, -0.05) is 19.6 Å². The van der Waals surface area contributed by atoms with Crippen LogP contribution < -0.4 is 0 Å². The Hall–Kier alpha value is -2.46. The fraction of sp³-hybridized carbons (Fsp3) is 0.630. The predicted octanol–water partition coefficient (Wildman–Crippen LogP) is 2.05. The van der Waals surface area contributed by atoms with Crippen molar-refractivity contribution in [3.63, 3.8) is 0 Å². The number of hydrogen-bond acceptors (Lipinski definition) is 11. The maximum absolute atomic E-state index is 9.41. The molecule has 0 aromatic heterocycles. The van der Waals surface area contributed by atoms with Crippen LogP contribution in [0, 0.1) is 28.6 Å². The first-order chi connectivity index (χ1) is 18.2. The third-order valence-electron chi connectivity index (χ3n) is 7.19. The van der Waals surface area contributed by atoms with E-state index in [9.17, 15) is 10.5 Å². The number of fused-ring (bicyclic) bond motifs is 2. The molecule has 5 fully saturated rings. The Bertz CT molecular complexity index is 1100. The third-order valence-corrected chi connectivity index (χ3v) is 7.19. The molecule has 0 radical (unpaired) electrons. The van der Waals surface area contributed by atoms with Gasteiger partial charge in [0.15, 0.2) is 30.8 Å². The molecule has 3 atom stereocenters. The van der Waals surface area contributed by atoms with Gasteiger partial charge in [0, 0.05) is 19.0 Å². The molecule has 0 spiro atoms. The second-order valence-electron chi connectivity index (χ2n) is 9.38. The second-order valence-corrected chi connectivity index (χ2v) is 9.38. The van der Waals surface area contributed by atoms with Gasteiger partial charge in [-0.15, -0.1) is 0 Å². The monoisotopic (exact) mass is 549 g/mol. The highest BCUT2D eigenvalue weighted by atomic mass is 16.8. The Kier molecular flexibility index (Phi) is 9.37. The van der Waals surface area contributed by atoms with E-state index in [0.717, 1.165) is 11.1 Å². The van der Waals surface area contributed by atoms with E-state index >= 15 is 0 Å². The molecule has 6 heterocycles. The highest BCUT2D eigenvalue weighted by molar-refractivity contribution is 5.42. The number of ether oxygens (including phenoxy) is 9. The van der Waals surface area contributed by atoms with Gasteiger partial charge >= 0.3 is 0 Å². The Balaban J connectivity index is 0.000000205. The second kappa shape index (κ2) is 12.4. The van der Waals surface area contributed by atoms with Gasteiger partial charge in [-0.3, -0.25) is 0 Å². The molecule has 5 saturated heterocycles. The lowest BCUT2D eigenvalue weighted by molar-refractivity contribution is -0.227. The van der Waals surface area contributed by atoms with E-state index in [1.807, 2.05) is 24.3 Å². The van der Waals surface area contributed by atoms with Crippen LogP contribution >= 0.6 is 0 Å². The number of nitrogens with zero attached hydrogens (tertiary/aromatic N) is 2. The van der Waals surface area contributed by atoms with E-state index in [0.29, 0.717) is 64.8 Å².